The van der Waals surface area contributed by atoms with E-state index in [0.717, 1.165) is 37.5 Å². The van der Waals surface area contributed by atoms with Crippen molar-refractivity contribution in [3.63, 3.8) is 0 Å². The topological polar surface area (TPSA) is 61.8 Å². The normalized spacial score (nSPS) is 25.6. The molecule has 3 rings (SSSR count). The van der Waals surface area contributed by atoms with Crippen molar-refractivity contribution in [2.75, 3.05) is 37.0 Å². The maximum atomic E-state index is 11.4. The Morgan fingerprint density at radius 2 is 2.37 bits per heavy atom. The van der Waals surface area contributed by atoms with Crippen LogP contribution in [-0.4, -0.2) is 37.8 Å². The van der Waals surface area contributed by atoms with Crippen LogP contribution in [0.15, 0.2) is 18.2 Å². The van der Waals surface area contributed by atoms with Crippen molar-refractivity contribution in [2.45, 2.75) is 12.5 Å². The molecule has 5 heteroatoms. The molecule has 1 saturated heterocycles. The van der Waals surface area contributed by atoms with E-state index in [4.69, 9.17) is 4.74 Å². The van der Waals surface area contributed by atoms with Crippen molar-refractivity contribution in [1.82, 2.24) is 0 Å². The van der Waals surface area contributed by atoms with Crippen LogP contribution < -0.4 is 10.2 Å². The number of ether oxygens (including phenoxy) is 1. The summed E-state index contributed by atoms with van der Waals surface area (Å²) < 4.78 is 5.20. The van der Waals surface area contributed by atoms with Crippen LogP contribution >= 0.6 is 0 Å². The molecule has 2 unspecified atom stereocenters. The lowest BCUT2D eigenvalue weighted by Gasteiger charge is -2.19. The summed E-state index contributed by atoms with van der Waals surface area (Å²) in [6.07, 6.45) is 0.101. The van der Waals surface area contributed by atoms with E-state index < -0.39 is 6.10 Å². The van der Waals surface area contributed by atoms with Gasteiger partial charge < -0.3 is 20.1 Å². The highest BCUT2D eigenvalue weighted by Crippen LogP contribution is 2.35. The number of carbonyl (C=O) groups excluding carboxylic acids is 1. The lowest BCUT2D eigenvalue weighted by Crippen LogP contribution is -2.20. The van der Waals surface area contributed by atoms with E-state index in [2.05, 4.69) is 10.2 Å². The molecule has 102 valence electrons. The monoisotopic (exact) mass is 262 g/mol. The summed E-state index contributed by atoms with van der Waals surface area (Å²) in [6, 6.07) is 5.74. The van der Waals surface area contributed by atoms with E-state index in [1.807, 2.05) is 18.2 Å². The first-order valence-corrected chi connectivity index (χ1v) is 6.56. The van der Waals surface area contributed by atoms with Gasteiger partial charge in [0.1, 0.15) is 0 Å². The molecule has 1 amide bonds. The maximum absolute atomic E-state index is 11.4. The minimum atomic E-state index is -1.02. The first-order valence-electron chi connectivity index (χ1n) is 6.56. The van der Waals surface area contributed by atoms with Crippen LogP contribution in [0.2, 0.25) is 0 Å². The van der Waals surface area contributed by atoms with E-state index in [-0.39, 0.29) is 5.91 Å². The lowest BCUT2D eigenvalue weighted by atomic mass is 10.1. The molecule has 2 aliphatic heterocycles. The van der Waals surface area contributed by atoms with E-state index in [1.165, 1.54) is 0 Å². The molecule has 0 bridgehead atoms. The van der Waals surface area contributed by atoms with Crippen LogP contribution in [0.25, 0.3) is 0 Å². The number of methoxy groups -OCH3 is 1. The summed E-state index contributed by atoms with van der Waals surface area (Å²) in [6.45, 7) is 2.77. The highest BCUT2D eigenvalue weighted by atomic mass is 16.5. The Bertz CT molecular complexity index is 503. The fourth-order valence-corrected chi connectivity index (χ4v) is 2.87. The first-order chi connectivity index (χ1) is 9.19. The number of hydrogen-bond acceptors (Lipinski definition) is 4. The molecule has 1 fully saturated rings. The zero-order chi connectivity index (χ0) is 13.4. The second kappa shape index (κ2) is 4.83. The lowest BCUT2D eigenvalue weighted by molar-refractivity contribution is -0.123. The van der Waals surface area contributed by atoms with E-state index in [9.17, 15) is 9.90 Å². The highest BCUT2D eigenvalue weighted by Gasteiger charge is 2.30. The molecule has 19 heavy (non-hydrogen) atoms. The summed E-state index contributed by atoms with van der Waals surface area (Å²) in [5.41, 5.74) is 2.48. The standard InChI is InChI=1S/C14H18N2O3/c1-19-8-9-4-5-16(7-9)10-2-3-11-12(6-10)15-14(18)13(11)17/h2-3,6,9,13,17H,4-5,7-8H2,1H3,(H,15,18). The van der Waals surface area contributed by atoms with Gasteiger partial charge in [-0.05, 0) is 18.6 Å². The van der Waals surface area contributed by atoms with Gasteiger partial charge in [-0.15, -0.1) is 0 Å². The van der Waals surface area contributed by atoms with Crippen LogP contribution in [-0.2, 0) is 9.53 Å². The van der Waals surface area contributed by atoms with Crippen LogP contribution in [0.4, 0.5) is 11.4 Å². The third kappa shape index (κ3) is 2.19. The average Bonchev–Trinajstić information content (AvgIpc) is 2.96. The first kappa shape index (κ1) is 12.4. The number of nitrogens with one attached hydrogen (secondary N) is 1. The van der Waals surface area contributed by atoms with Gasteiger partial charge in [0, 0.05) is 43.1 Å². The van der Waals surface area contributed by atoms with Crippen molar-refractivity contribution in [3.8, 4) is 0 Å². The van der Waals surface area contributed by atoms with E-state index >= 15 is 0 Å². The van der Waals surface area contributed by atoms with Gasteiger partial charge in [-0.1, -0.05) is 6.07 Å². The quantitative estimate of drug-likeness (QED) is 0.857. The summed E-state index contributed by atoms with van der Waals surface area (Å²) in [5.74, 6) is 0.226. The molecule has 5 nitrogen and oxygen atoms in total. The number of anilines is 2. The zero-order valence-electron chi connectivity index (χ0n) is 10.9. The Morgan fingerprint density at radius 3 is 3.16 bits per heavy atom. The van der Waals surface area contributed by atoms with Crippen molar-refractivity contribution < 1.29 is 14.6 Å². The Labute approximate surface area is 112 Å². The van der Waals surface area contributed by atoms with Gasteiger partial charge in [-0.25, -0.2) is 0 Å². The molecule has 2 heterocycles. The average molecular weight is 262 g/mol. The van der Waals surface area contributed by atoms with Gasteiger partial charge in [0.15, 0.2) is 6.10 Å². The van der Waals surface area contributed by atoms with Crippen LogP contribution in [0.5, 0.6) is 0 Å². The number of benzene rings is 1. The molecule has 0 radical (unpaired) electrons. The second-order valence-corrected chi connectivity index (χ2v) is 5.22. The molecule has 0 aromatic heterocycles. The van der Waals surface area contributed by atoms with Crippen LogP contribution in [0.3, 0.4) is 0 Å². The minimum Gasteiger partial charge on any atom is -0.384 e. The second-order valence-electron chi connectivity index (χ2n) is 5.22. The third-order valence-corrected chi connectivity index (χ3v) is 3.89. The number of aliphatic hydroxyl groups excluding tert-OH is 1. The molecular formula is C14H18N2O3. The minimum absolute atomic E-state index is 0.342. The molecule has 1 aromatic rings. The third-order valence-electron chi connectivity index (χ3n) is 3.89. The molecule has 0 spiro atoms. The number of aliphatic hydroxyl groups is 1. The molecule has 2 atom stereocenters. The zero-order valence-corrected chi connectivity index (χ0v) is 10.9. The Hall–Kier alpha value is -1.59. The van der Waals surface area contributed by atoms with Crippen molar-refractivity contribution >= 4 is 17.3 Å². The summed E-state index contributed by atoms with van der Waals surface area (Å²) in [4.78, 5) is 13.7. The van der Waals surface area contributed by atoms with Crippen LogP contribution in [0, 0.1) is 5.92 Å². The number of nitrogens with zero attached hydrogens (tertiary/aromatic N) is 1. The highest BCUT2D eigenvalue weighted by molar-refractivity contribution is 6.02. The molecule has 0 aliphatic carbocycles. The Morgan fingerprint density at radius 1 is 1.53 bits per heavy atom. The van der Waals surface area contributed by atoms with Gasteiger partial charge in [-0.2, -0.15) is 0 Å². The van der Waals surface area contributed by atoms with Gasteiger partial charge >= 0.3 is 0 Å². The van der Waals surface area contributed by atoms with Gasteiger partial charge in [-0.3, -0.25) is 4.79 Å². The summed E-state index contributed by atoms with van der Waals surface area (Å²) >= 11 is 0. The molecule has 2 aliphatic rings. The number of rotatable bonds is 3. The molecule has 2 N–H and O–H groups in total. The molecular weight excluding hydrogens is 244 g/mol. The van der Waals surface area contributed by atoms with Gasteiger partial charge in [0.05, 0.1) is 6.61 Å². The fraction of sp³-hybridized carbons (Fsp3) is 0.500. The summed E-state index contributed by atoms with van der Waals surface area (Å²) in [5, 5.41) is 12.4. The number of amides is 1. The predicted molar refractivity (Wildman–Crippen MR) is 72.2 cm³/mol. The number of hydrogen-bond donors (Lipinski definition) is 2. The predicted octanol–water partition coefficient (Wildman–Crippen LogP) is 1.14. The van der Waals surface area contributed by atoms with E-state index in [0.29, 0.717) is 11.5 Å². The summed E-state index contributed by atoms with van der Waals surface area (Å²) in [7, 11) is 1.73. The Kier molecular flexibility index (Phi) is 3.16. The van der Waals surface area contributed by atoms with Crippen LogP contribution in [0.1, 0.15) is 18.1 Å². The van der Waals surface area contributed by atoms with Crippen molar-refractivity contribution in [1.29, 1.82) is 0 Å². The number of fused-ring (bicyclic) bond motifs is 1. The van der Waals surface area contributed by atoms with Gasteiger partial charge in [0.25, 0.3) is 5.91 Å². The number of carbonyl (C=O) groups is 1. The van der Waals surface area contributed by atoms with Crippen molar-refractivity contribution in [3.05, 3.63) is 23.8 Å². The largest absolute Gasteiger partial charge is 0.384 e. The smallest absolute Gasteiger partial charge is 0.257 e. The molecule has 1 aromatic carbocycles. The van der Waals surface area contributed by atoms with Gasteiger partial charge in [0.2, 0.25) is 0 Å². The van der Waals surface area contributed by atoms with Crippen molar-refractivity contribution in [2.24, 2.45) is 5.92 Å². The Balaban J connectivity index is 1.77. The fourth-order valence-electron chi connectivity index (χ4n) is 2.87. The SMILES string of the molecule is COCC1CCN(c2ccc3c(c2)NC(=O)C3O)C1. The maximum Gasteiger partial charge on any atom is 0.257 e. The molecule has 0 saturated carbocycles. The van der Waals surface area contributed by atoms with E-state index in [1.54, 1.807) is 7.11 Å².